The van der Waals surface area contributed by atoms with Crippen molar-refractivity contribution < 1.29 is 23.2 Å². The third-order valence-electron chi connectivity index (χ3n) is 1.67. The van der Waals surface area contributed by atoms with Gasteiger partial charge in [0.25, 0.3) is 0 Å². The quantitative estimate of drug-likeness (QED) is 0.413. The highest BCUT2D eigenvalue weighted by molar-refractivity contribution is 7.90. The van der Waals surface area contributed by atoms with E-state index in [0.717, 1.165) is 17.6 Å². The van der Waals surface area contributed by atoms with Crippen LogP contribution in [0.3, 0.4) is 0 Å². The van der Waals surface area contributed by atoms with E-state index in [1.54, 1.807) is 0 Å². The van der Waals surface area contributed by atoms with E-state index >= 15 is 0 Å². The molecule has 1 aromatic heterocycles. The number of aliphatic carboxylic acids is 1. The fraction of sp³-hybridized carbons (Fsp3) is 0.375. The number of carboxylic acid groups (broad SMARTS) is 1. The number of hydrogen-bond acceptors (Lipinski definition) is 8. The third-order valence-corrected chi connectivity index (χ3v) is 3.25. The molecule has 0 amide bonds. The standard InChI is InChI=1S/C8H11N3O5S2/c1-18(14,15)3-2-16-11-6(7(12)13)5-4-17-8(9)10-5/h4H,2-3H2,1H3,(H2,9,10)(H,12,13). The number of carbonyl (C=O) groups is 1. The van der Waals surface area contributed by atoms with Gasteiger partial charge >= 0.3 is 5.97 Å². The Bertz CT molecular complexity index is 563. The molecule has 1 aromatic rings. The highest BCUT2D eigenvalue weighted by atomic mass is 32.2. The number of rotatable bonds is 6. The monoisotopic (exact) mass is 293 g/mol. The number of nitrogen functional groups attached to an aromatic ring is 1. The van der Waals surface area contributed by atoms with Gasteiger partial charge in [-0.2, -0.15) is 0 Å². The van der Waals surface area contributed by atoms with E-state index in [4.69, 9.17) is 10.8 Å². The molecular weight excluding hydrogens is 282 g/mol. The molecule has 100 valence electrons. The number of oxime groups is 1. The first-order valence-electron chi connectivity index (χ1n) is 4.62. The van der Waals surface area contributed by atoms with Gasteiger partial charge in [0.1, 0.15) is 12.3 Å². The van der Waals surface area contributed by atoms with E-state index in [2.05, 4.69) is 15.0 Å². The maximum Gasteiger partial charge on any atom is 0.360 e. The summed E-state index contributed by atoms with van der Waals surface area (Å²) in [6.45, 7) is -0.227. The molecule has 0 bridgehead atoms. The molecule has 3 N–H and O–H groups in total. The number of thiazole rings is 1. The van der Waals surface area contributed by atoms with Crippen LogP contribution >= 0.6 is 11.3 Å². The second-order valence-corrected chi connectivity index (χ2v) is 6.43. The van der Waals surface area contributed by atoms with Gasteiger partial charge in [0.15, 0.2) is 15.0 Å². The van der Waals surface area contributed by atoms with Crippen LogP contribution in [0.15, 0.2) is 10.5 Å². The number of carboxylic acids is 1. The van der Waals surface area contributed by atoms with E-state index < -0.39 is 21.5 Å². The summed E-state index contributed by atoms with van der Waals surface area (Å²) in [4.78, 5) is 19.3. The lowest BCUT2D eigenvalue weighted by atomic mass is 10.3. The molecule has 0 saturated heterocycles. The number of nitrogens with two attached hydrogens (primary N) is 1. The van der Waals surface area contributed by atoms with Gasteiger partial charge in [-0.1, -0.05) is 5.16 Å². The Kier molecular flexibility index (Phi) is 4.62. The van der Waals surface area contributed by atoms with Gasteiger partial charge in [0, 0.05) is 11.6 Å². The van der Waals surface area contributed by atoms with Crippen LogP contribution in [0.1, 0.15) is 5.69 Å². The molecule has 0 aliphatic carbocycles. The van der Waals surface area contributed by atoms with Crippen molar-refractivity contribution >= 4 is 38.0 Å². The van der Waals surface area contributed by atoms with Crippen molar-refractivity contribution in [2.45, 2.75) is 0 Å². The SMILES string of the molecule is CS(=O)(=O)CCON=C(C(=O)O)c1csc(N)n1. The van der Waals surface area contributed by atoms with E-state index in [9.17, 15) is 13.2 Å². The summed E-state index contributed by atoms with van der Waals surface area (Å²) >= 11 is 1.06. The molecule has 0 spiro atoms. The zero-order valence-corrected chi connectivity index (χ0v) is 11.0. The first-order chi connectivity index (χ1) is 8.29. The van der Waals surface area contributed by atoms with E-state index in [1.165, 1.54) is 5.38 Å². The average Bonchev–Trinajstić information content (AvgIpc) is 2.62. The lowest BCUT2D eigenvalue weighted by Gasteiger charge is -2.00. The van der Waals surface area contributed by atoms with Gasteiger partial charge in [0.05, 0.1) is 5.75 Å². The molecule has 0 unspecified atom stereocenters. The van der Waals surface area contributed by atoms with Crippen LogP contribution in [0, 0.1) is 0 Å². The Morgan fingerprint density at radius 1 is 1.67 bits per heavy atom. The smallest absolute Gasteiger partial charge is 0.360 e. The van der Waals surface area contributed by atoms with Crippen LogP contribution in [-0.2, 0) is 19.5 Å². The van der Waals surface area contributed by atoms with Crippen LogP contribution < -0.4 is 5.73 Å². The van der Waals surface area contributed by atoms with Crippen LogP contribution in [0.4, 0.5) is 5.13 Å². The van der Waals surface area contributed by atoms with Crippen LogP contribution in [-0.4, -0.2) is 48.8 Å². The molecule has 0 aliphatic heterocycles. The molecule has 10 heteroatoms. The highest BCUT2D eigenvalue weighted by Gasteiger charge is 2.17. The molecule has 0 saturated carbocycles. The molecule has 0 radical (unpaired) electrons. The van der Waals surface area contributed by atoms with Crippen LogP contribution in [0.2, 0.25) is 0 Å². The lowest BCUT2D eigenvalue weighted by molar-refractivity contribution is -0.129. The Morgan fingerprint density at radius 2 is 2.33 bits per heavy atom. The molecule has 0 aliphatic rings. The minimum absolute atomic E-state index is 0.0735. The van der Waals surface area contributed by atoms with E-state index in [-0.39, 0.29) is 23.2 Å². The van der Waals surface area contributed by atoms with Crippen molar-refractivity contribution in [3.63, 3.8) is 0 Å². The zero-order chi connectivity index (χ0) is 13.8. The van der Waals surface area contributed by atoms with Gasteiger partial charge < -0.3 is 15.7 Å². The summed E-state index contributed by atoms with van der Waals surface area (Å²) in [5, 5.41) is 13.9. The first-order valence-corrected chi connectivity index (χ1v) is 7.56. The summed E-state index contributed by atoms with van der Waals surface area (Å²) in [6, 6.07) is 0. The highest BCUT2D eigenvalue weighted by Crippen LogP contribution is 2.12. The minimum Gasteiger partial charge on any atom is -0.476 e. The number of sulfone groups is 1. The predicted molar refractivity (Wildman–Crippen MR) is 66.4 cm³/mol. The minimum atomic E-state index is -3.18. The number of anilines is 1. The van der Waals surface area contributed by atoms with Gasteiger partial charge in [-0.3, -0.25) is 0 Å². The number of hydrogen-bond donors (Lipinski definition) is 2. The van der Waals surface area contributed by atoms with Gasteiger partial charge in [-0.05, 0) is 0 Å². The fourth-order valence-electron chi connectivity index (χ4n) is 0.891. The maximum absolute atomic E-state index is 10.9. The van der Waals surface area contributed by atoms with Crippen molar-refractivity contribution in [1.82, 2.24) is 4.98 Å². The molecule has 1 rings (SSSR count). The molecule has 0 aromatic carbocycles. The van der Waals surface area contributed by atoms with Gasteiger partial charge in [0.2, 0.25) is 5.71 Å². The second-order valence-electron chi connectivity index (χ2n) is 3.28. The lowest BCUT2D eigenvalue weighted by Crippen LogP contribution is -2.17. The summed E-state index contributed by atoms with van der Waals surface area (Å²) in [6.07, 6.45) is 1.04. The predicted octanol–water partition coefficient (Wildman–Crippen LogP) is -0.425. The molecule has 0 atom stereocenters. The van der Waals surface area contributed by atoms with Crippen LogP contribution in [0.5, 0.6) is 0 Å². The Balaban J connectivity index is 2.72. The summed E-state index contributed by atoms with van der Waals surface area (Å²) in [5.41, 5.74) is 5.02. The number of nitrogens with zero attached hydrogens (tertiary/aromatic N) is 2. The maximum atomic E-state index is 10.9. The normalized spacial score (nSPS) is 12.4. The Morgan fingerprint density at radius 3 is 2.78 bits per heavy atom. The molecule has 0 fully saturated rings. The first kappa shape index (κ1) is 14.4. The van der Waals surface area contributed by atoms with Gasteiger partial charge in [-0.15, -0.1) is 11.3 Å². The third kappa shape index (κ3) is 4.67. The largest absolute Gasteiger partial charge is 0.476 e. The zero-order valence-electron chi connectivity index (χ0n) is 9.36. The van der Waals surface area contributed by atoms with Crippen molar-refractivity contribution in [1.29, 1.82) is 0 Å². The van der Waals surface area contributed by atoms with E-state index in [1.807, 2.05) is 0 Å². The van der Waals surface area contributed by atoms with Crippen molar-refractivity contribution in [3.8, 4) is 0 Å². The van der Waals surface area contributed by atoms with Crippen LogP contribution in [0.25, 0.3) is 0 Å². The van der Waals surface area contributed by atoms with Crippen molar-refractivity contribution in [3.05, 3.63) is 11.1 Å². The Labute approximate surface area is 107 Å². The van der Waals surface area contributed by atoms with Crippen molar-refractivity contribution in [2.24, 2.45) is 5.16 Å². The molecule has 8 nitrogen and oxygen atoms in total. The Hall–Kier alpha value is -1.68. The van der Waals surface area contributed by atoms with E-state index in [0.29, 0.717) is 0 Å². The average molecular weight is 293 g/mol. The summed E-state index contributed by atoms with van der Waals surface area (Å²) in [5.74, 6) is -1.58. The second kappa shape index (κ2) is 5.78. The van der Waals surface area contributed by atoms with Crippen molar-refractivity contribution in [2.75, 3.05) is 24.3 Å². The fourth-order valence-corrected chi connectivity index (χ4v) is 1.82. The number of aromatic nitrogens is 1. The molecule has 1 heterocycles. The summed E-state index contributed by atoms with van der Waals surface area (Å²) < 4.78 is 21.6. The molecular formula is C8H11N3O5S2. The van der Waals surface area contributed by atoms with Gasteiger partial charge in [-0.25, -0.2) is 18.2 Å². The summed E-state index contributed by atoms with van der Waals surface area (Å²) in [7, 11) is -3.18. The topological polar surface area (TPSA) is 132 Å². The molecule has 18 heavy (non-hydrogen) atoms.